The Hall–Kier alpha value is -2.12. The minimum atomic E-state index is -0.624. The SMILES string of the molecule is Cc1cc2c(CF)c(C#N)ccc2n1Cc1cccc(Br)c1. The van der Waals surface area contributed by atoms with E-state index in [1.165, 1.54) is 5.56 Å². The number of nitriles is 1. The van der Waals surface area contributed by atoms with Gasteiger partial charge in [-0.3, -0.25) is 0 Å². The second-order valence-corrected chi connectivity index (χ2v) is 6.19. The van der Waals surface area contributed by atoms with Gasteiger partial charge < -0.3 is 4.57 Å². The standard InChI is InChI=1S/C18H14BrFN2/c1-12-7-16-17(9-20)14(10-21)5-6-18(16)22(12)11-13-3-2-4-15(19)8-13/h2-8H,9,11H2,1H3. The molecule has 3 aromatic rings. The van der Waals surface area contributed by atoms with Crippen LogP contribution in [0.1, 0.15) is 22.4 Å². The van der Waals surface area contributed by atoms with Crippen LogP contribution in [0.4, 0.5) is 4.39 Å². The molecule has 2 aromatic carbocycles. The van der Waals surface area contributed by atoms with E-state index in [0.29, 0.717) is 17.7 Å². The van der Waals surface area contributed by atoms with Crippen molar-refractivity contribution in [2.75, 3.05) is 0 Å². The molecular formula is C18H14BrFN2. The molecule has 4 heteroatoms. The Balaban J connectivity index is 2.15. The maximum Gasteiger partial charge on any atom is 0.116 e. The summed E-state index contributed by atoms with van der Waals surface area (Å²) in [5.41, 5.74) is 4.08. The molecule has 110 valence electrons. The number of fused-ring (bicyclic) bond motifs is 1. The van der Waals surface area contributed by atoms with Gasteiger partial charge in [0, 0.05) is 33.2 Å². The van der Waals surface area contributed by atoms with Crippen molar-refractivity contribution in [3.8, 4) is 6.07 Å². The van der Waals surface area contributed by atoms with Crippen molar-refractivity contribution in [3.05, 3.63) is 69.3 Å². The molecule has 0 fully saturated rings. The van der Waals surface area contributed by atoms with Gasteiger partial charge in [-0.15, -0.1) is 0 Å². The minimum absolute atomic E-state index is 0.412. The summed E-state index contributed by atoms with van der Waals surface area (Å²) in [6.45, 7) is 2.10. The van der Waals surface area contributed by atoms with E-state index in [2.05, 4.69) is 38.7 Å². The number of hydrogen-bond acceptors (Lipinski definition) is 1. The normalized spacial score (nSPS) is 10.8. The van der Waals surface area contributed by atoms with Crippen LogP contribution in [0.25, 0.3) is 10.9 Å². The van der Waals surface area contributed by atoms with Crippen LogP contribution in [0.5, 0.6) is 0 Å². The van der Waals surface area contributed by atoms with Gasteiger partial charge in [-0.1, -0.05) is 28.1 Å². The molecule has 3 rings (SSSR count). The van der Waals surface area contributed by atoms with Crippen molar-refractivity contribution in [3.63, 3.8) is 0 Å². The molecule has 0 N–H and O–H groups in total. The Morgan fingerprint density at radius 2 is 2.05 bits per heavy atom. The van der Waals surface area contributed by atoms with Gasteiger partial charge in [0.15, 0.2) is 0 Å². The summed E-state index contributed by atoms with van der Waals surface area (Å²) in [7, 11) is 0. The Morgan fingerprint density at radius 1 is 1.23 bits per heavy atom. The van der Waals surface area contributed by atoms with E-state index in [4.69, 9.17) is 5.26 Å². The Morgan fingerprint density at radius 3 is 2.73 bits per heavy atom. The number of hydrogen-bond donors (Lipinski definition) is 0. The second-order valence-electron chi connectivity index (χ2n) is 5.27. The van der Waals surface area contributed by atoms with Gasteiger partial charge in [0.05, 0.1) is 11.6 Å². The molecule has 0 aliphatic rings. The third kappa shape index (κ3) is 2.53. The highest BCUT2D eigenvalue weighted by atomic mass is 79.9. The lowest BCUT2D eigenvalue weighted by atomic mass is 10.0. The summed E-state index contributed by atoms with van der Waals surface area (Å²) in [6.07, 6.45) is 0. The van der Waals surface area contributed by atoms with E-state index in [1.54, 1.807) is 6.07 Å². The van der Waals surface area contributed by atoms with Crippen LogP contribution in [0.3, 0.4) is 0 Å². The zero-order valence-corrected chi connectivity index (χ0v) is 13.7. The average Bonchev–Trinajstić information content (AvgIpc) is 2.82. The summed E-state index contributed by atoms with van der Waals surface area (Å²) < 4.78 is 16.5. The lowest BCUT2D eigenvalue weighted by Crippen LogP contribution is -2.01. The summed E-state index contributed by atoms with van der Waals surface area (Å²) >= 11 is 3.48. The number of aromatic nitrogens is 1. The topological polar surface area (TPSA) is 28.7 Å². The maximum atomic E-state index is 13.4. The van der Waals surface area contributed by atoms with Gasteiger partial charge in [-0.05, 0) is 42.8 Å². The minimum Gasteiger partial charge on any atom is -0.340 e. The molecule has 0 saturated heterocycles. The van der Waals surface area contributed by atoms with Crippen molar-refractivity contribution in [1.29, 1.82) is 5.26 Å². The van der Waals surface area contributed by atoms with Crippen LogP contribution in [0, 0.1) is 18.3 Å². The van der Waals surface area contributed by atoms with Crippen LogP contribution in [0.2, 0.25) is 0 Å². The first kappa shape index (κ1) is 14.8. The number of benzene rings is 2. The lowest BCUT2D eigenvalue weighted by molar-refractivity contribution is 0.487. The molecular weight excluding hydrogens is 343 g/mol. The van der Waals surface area contributed by atoms with Crippen molar-refractivity contribution in [2.24, 2.45) is 0 Å². The number of alkyl halides is 1. The van der Waals surface area contributed by atoms with Gasteiger partial charge in [-0.25, -0.2) is 4.39 Å². The van der Waals surface area contributed by atoms with Crippen LogP contribution in [-0.4, -0.2) is 4.57 Å². The first-order chi connectivity index (χ1) is 10.6. The van der Waals surface area contributed by atoms with E-state index >= 15 is 0 Å². The van der Waals surface area contributed by atoms with Crippen LogP contribution in [0.15, 0.2) is 46.9 Å². The Kier molecular flexibility index (Phi) is 4.00. The fourth-order valence-electron chi connectivity index (χ4n) is 2.80. The van der Waals surface area contributed by atoms with E-state index in [9.17, 15) is 4.39 Å². The van der Waals surface area contributed by atoms with E-state index < -0.39 is 6.67 Å². The van der Waals surface area contributed by atoms with Gasteiger partial charge in [0.1, 0.15) is 6.67 Å². The molecule has 0 saturated carbocycles. The molecule has 0 radical (unpaired) electrons. The second kappa shape index (κ2) is 5.94. The predicted molar refractivity (Wildman–Crippen MR) is 89.4 cm³/mol. The maximum absolute atomic E-state index is 13.4. The van der Waals surface area contributed by atoms with Crippen molar-refractivity contribution >= 4 is 26.8 Å². The number of nitrogens with zero attached hydrogens (tertiary/aromatic N) is 2. The first-order valence-electron chi connectivity index (χ1n) is 6.96. The van der Waals surface area contributed by atoms with Crippen molar-refractivity contribution in [2.45, 2.75) is 20.1 Å². The summed E-state index contributed by atoms with van der Waals surface area (Å²) in [5.74, 6) is 0. The molecule has 1 heterocycles. The van der Waals surface area contributed by atoms with Crippen LogP contribution < -0.4 is 0 Å². The van der Waals surface area contributed by atoms with Crippen LogP contribution >= 0.6 is 15.9 Å². The molecule has 0 atom stereocenters. The molecule has 0 spiro atoms. The van der Waals surface area contributed by atoms with E-state index in [-0.39, 0.29) is 0 Å². The van der Waals surface area contributed by atoms with Gasteiger partial charge >= 0.3 is 0 Å². The van der Waals surface area contributed by atoms with Crippen molar-refractivity contribution in [1.82, 2.24) is 4.57 Å². The molecule has 1 aromatic heterocycles. The smallest absolute Gasteiger partial charge is 0.116 e. The highest BCUT2D eigenvalue weighted by Gasteiger charge is 2.13. The highest BCUT2D eigenvalue weighted by Crippen LogP contribution is 2.28. The van der Waals surface area contributed by atoms with E-state index in [0.717, 1.165) is 21.1 Å². The third-order valence-electron chi connectivity index (χ3n) is 3.89. The quantitative estimate of drug-likeness (QED) is 0.641. The molecule has 0 bridgehead atoms. The summed E-state index contributed by atoms with van der Waals surface area (Å²) in [4.78, 5) is 0. The zero-order valence-electron chi connectivity index (χ0n) is 12.1. The molecule has 22 heavy (non-hydrogen) atoms. The van der Waals surface area contributed by atoms with E-state index in [1.807, 2.05) is 31.2 Å². The number of halogens is 2. The van der Waals surface area contributed by atoms with Crippen LogP contribution in [-0.2, 0) is 13.2 Å². The largest absolute Gasteiger partial charge is 0.340 e. The lowest BCUT2D eigenvalue weighted by Gasteiger charge is -2.10. The molecule has 0 unspecified atom stereocenters. The third-order valence-corrected chi connectivity index (χ3v) is 4.38. The fourth-order valence-corrected chi connectivity index (χ4v) is 3.25. The number of rotatable bonds is 3. The molecule has 0 amide bonds. The van der Waals surface area contributed by atoms with Gasteiger partial charge in [0.2, 0.25) is 0 Å². The first-order valence-corrected chi connectivity index (χ1v) is 7.75. The summed E-state index contributed by atoms with van der Waals surface area (Å²) in [5, 5.41) is 9.95. The summed E-state index contributed by atoms with van der Waals surface area (Å²) in [6, 6.07) is 15.8. The molecule has 0 aliphatic heterocycles. The average molecular weight is 357 g/mol. The zero-order chi connectivity index (χ0) is 15.7. The fraction of sp³-hybridized carbons (Fsp3) is 0.167. The molecule has 2 nitrogen and oxygen atoms in total. The molecule has 0 aliphatic carbocycles. The van der Waals surface area contributed by atoms with Gasteiger partial charge in [-0.2, -0.15) is 5.26 Å². The van der Waals surface area contributed by atoms with Crippen molar-refractivity contribution < 1.29 is 4.39 Å². The van der Waals surface area contributed by atoms with Gasteiger partial charge in [0.25, 0.3) is 0 Å². The Bertz CT molecular complexity index is 890. The number of aryl methyl sites for hydroxylation is 1. The highest BCUT2D eigenvalue weighted by molar-refractivity contribution is 9.10. The Labute approximate surface area is 136 Å². The predicted octanol–water partition coefficient (Wildman–Crippen LogP) is 5.10. The monoisotopic (exact) mass is 356 g/mol.